The summed E-state index contributed by atoms with van der Waals surface area (Å²) in [5.41, 5.74) is 1.26. The lowest BCUT2D eigenvalue weighted by atomic mass is 9.48. The Morgan fingerprint density at radius 3 is 2.21 bits per heavy atom. The Hall–Kier alpha value is -1.25. The zero-order valence-electron chi connectivity index (χ0n) is 11.3. The first-order valence-electron chi connectivity index (χ1n) is 7.39. The van der Waals surface area contributed by atoms with E-state index in [1.54, 1.807) is 6.26 Å². The SMILES string of the molecule is Cc1coc(C23CC4CC(CC(C4)C2)C3)c1C(=O)O. The maximum Gasteiger partial charge on any atom is 0.339 e. The van der Waals surface area contributed by atoms with Crippen molar-refractivity contribution >= 4 is 5.97 Å². The quantitative estimate of drug-likeness (QED) is 0.881. The maximum atomic E-state index is 11.5. The van der Waals surface area contributed by atoms with E-state index in [9.17, 15) is 9.90 Å². The number of carboxylic acids is 1. The Kier molecular flexibility index (Phi) is 2.22. The normalized spacial score (nSPS) is 39.7. The molecule has 0 spiro atoms. The molecule has 0 aromatic carbocycles. The van der Waals surface area contributed by atoms with E-state index in [1.807, 2.05) is 6.92 Å². The van der Waals surface area contributed by atoms with Crippen molar-refractivity contribution in [2.24, 2.45) is 17.8 Å². The third kappa shape index (κ3) is 1.53. The summed E-state index contributed by atoms with van der Waals surface area (Å²) >= 11 is 0. The molecule has 19 heavy (non-hydrogen) atoms. The molecule has 102 valence electrons. The molecule has 1 N–H and O–H groups in total. The lowest BCUT2D eigenvalue weighted by Crippen LogP contribution is -2.48. The first-order chi connectivity index (χ1) is 9.07. The van der Waals surface area contributed by atoms with Crippen LogP contribution in [0.4, 0.5) is 0 Å². The van der Waals surface area contributed by atoms with Gasteiger partial charge in [-0.2, -0.15) is 0 Å². The Morgan fingerprint density at radius 2 is 1.74 bits per heavy atom. The van der Waals surface area contributed by atoms with Crippen molar-refractivity contribution in [3.63, 3.8) is 0 Å². The Labute approximate surface area is 113 Å². The van der Waals surface area contributed by atoms with Gasteiger partial charge < -0.3 is 9.52 Å². The van der Waals surface area contributed by atoms with Gasteiger partial charge in [0.05, 0.1) is 6.26 Å². The van der Waals surface area contributed by atoms with E-state index in [4.69, 9.17) is 4.42 Å². The lowest BCUT2D eigenvalue weighted by Gasteiger charge is -2.56. The Bertz CT molecular complexity index is 505. The maximum absolute atomic E-state index is 11.5. The molecule has 0 amide bonds. The summed E-state index contributed by atoms with van der Waals surface area (Å²) in [6.45, 7) is 1.84. The fourth-order valence-corrected chi connectivity index (χ4v) is 5.49. The molecule has 3 nitrogen and oxygen atoms in total. The summed E-state index contributed by atoms with van der Waals surface area (Å²) in [4.78, 5) is 11.5. The van der Waals surface area contributed by atoms with E-state index < -0.39 is 5.97 Å². The van der Waals surface area contributed by atoms with Crippen molar-refractivity contribution in [3.05, 3.63) is 23.2 Å². The molecule has 1 heterocycles. The van der Waals surface area contributed by atoms with Gasteiger partial charge in [-0.05, 0) is 63.2 Å². The number of aryl methyl sites for hydroxylation is 1. The molecule has 4 aliphatic carbocycles. The minimum absolute atomic E-state index is 0.0384. The molecular weight excluding hydrogens is 240 g/mol. The highest BCUT2D eigenvalue weighted by Gasteiger charge is 2.54. The molecular formula is C16H20O3. The molecule has 0 radical (unpaired) electrons. The van der Waals surface area contributed by atoms with Gasteiger partial charge in [-0.15, -0.1) is 0 Å². The molecule has 4 saturated carbocycles. The minimum atomic E-state index is -0.822. The summed E-state index contributed by atoms with van der Waals surface area (Å²) in [5, 5.41) is 9.48. The van der Waals surface area contributed by atoms with Crippen LogP contribution >= 0.6 is 0 Å². The van der Waals surface area contributed by atoms with Gasteiger partial charge in [0.2, 0.25) is 0 Å². The molecule has 4 fully saturated rings. The van der Waals surface area contributed by atoms with Crippen molar-refractivity contribution in [3.8, 4) is 0 Å². The average Bonchev–Trinajstić information content (AvgIpc) is 2.70. The highest BCUT2D eigenvalue weighted by atomic mass is 16.4. The van der Waals surface area contributed by atoms with Crippen LogP contribution in [0.5, 0.6) is 0 Å². The third-order valence-electron chi connectivity index (χ3n) is 5.71. The second-order valence-corrected chi connectivity index (χ2v) is 7.13. The fraction of sp³-hybridized carbons (Fsp3) is 0.688. The molecule has 0 unspecified atom stereocenters. The van der Waals surface area contributed by atoms with E-state index in [0.717, 1.165) is 48.3 Å². The van der Waals surface area contributed by atoms with Crippen molar-refractivity contribution in [1.29, 1.82) is 0 Å². The van der Waals surface area contributed by atoms with Gasteiger partial charge in [0.15, 0.2) is 0 Å². The van der Waals surface area contributed by atoms with Crippen LogP contribution in [0.15, 0.2) is 10.7 Å². The minimum Gasteiger partial charge on any atom is -0.478 e. The summed E-state index contributed by atoms with van der Waals surface area (Å²) in [6, 6.07) is 0. The van der Waals surface area contributed by atoms with E-state index in [2.05, 4.69) is 0 Å². The third-order valence-corrected chi connectivity index (χ3v) is 5.71. The first kappa shape index (κ1) is 11.6. The molecule has 5 rings (SSSR count). The number of aromatic carboxylic acids is 1. The van der Waals surface area contributed by atoms with Crippen LogP contribution in [0.1, 0.15) is 60.2 Å². The smallest absolute Gasteiger partial charge is 0.339 e. The largest absolute Gasteiger partial charge is 0.478 e. The summed E-state index contributed by atoms with van der Waals surface area (Å²) in [7, 11) is 0. The van der Waals surface area contributed by atoms with Crippen LogP contribution in [0.2, 0.25) is 0 Å². The Balaban J connectivity index is 1.82. The van der Waals surface area contributed by atoms with Crippen LogP contribution in [-0.2, 0) is 5.41 Å². The van der Waals surface area contributed by atoms with Crippen molar-refractivity contribution in [2.45, 2.75) is 50.9 Å². The number of hydrogen-bond donors (Lipinski definition) is 1. The number of hydrogen-bond acceptors (Lipinski definition) is 2. The van der Waals surface area contributed by atoms with E-state index in [1.165, 1.54) is 19.3 Å². The van der Waals surface area contributed by atoms with Crippen LogP contribution in [0.25, 0.3) is 0 Å². The van der Waals surface area contributed by atoms with Crippen LogP contribution in [0, 0.1) is 24.7 Å². The van der Waals surface area contributed by atoms with E-state index >= 15 is 0 Å². The molecule has 0 atom stereocenters. The highest BCUT2D eigenvalue weighted by molar-refractivity contribution is 5.90. The van der Waals surface area contributed by atoms with Gasteiger partial charge in [-0.3, -0.25) is 0 Å². The lowest BCUT2D eigenvalue weighted by molar-refractivity contribution is -0.0158. The number of rotatable bonds is 2. The van der Waals surface area contributed by atoms with Crippen LogP contribution in [-0.4, -0.2) is 11.1 Å². The molecule has 1 aromatic heterocycles. The number of carboxylic acid groups (broad SMARTS) is 1. The monoisotopic (exact) mass is 260 g/mol. The van der Waals surface area contributed by atoms with E-state index in [0.29, 0.717) is 5.56 Å². The molecule has 4 aliphatic rings. The van der Waals surface area contributed by atoms with Crippen molar-refractivity contribution in [1.82, 2.24) is 0 Å². The van der Waals surface area contributed by atoms with Crippen LogP contribution in [0.3, 0.4) is 0 Å². The van der Waals surface area contributed by atoms with Crippen LogP contribution < -0.4 is 0 Å². The van der Waals surface area contributed by atoms with Gasteiger partial charge in [-0.1, -0.05) is 0 Å². The predicted octanol–water partition coefficient (Wildman–Crippen LogP) is 3.75. The number of furan rings is 1. The van der Waals surface area contributed by atoms with Crippen molar-refractivity contribution < 1.29 is 14.3 Å². The first-order valence-corrected chi connectivity index (χ1v) is 7.39. The highest BCUT2D eigenvalue weighted by Crippen LogP contribution is 2.61. The molecule has 4 bridgehead atoms. The summed E-state index contributed by atoms with van der Waals surface area (Å²) in [5.74, 6) is 2.38. The molecule has 0 aliphatic heterocycles. The van der Waals surface area contributed by atoms with Gasteiger partial charge >= 0.3 is 5.97 Å². The Morgan fingerprint density at radius 1 is 1.21 bits per heavy atom. The standard InChI is InChI=1S/C16H20O3/c1-9-8-19-14(13(9)15(17)18)16-5-10-2-11(6-16)4-12(3-10)7-16/h8,10-12H,2-7H2,1H3,(H,17,18). The molecule has 1 aromatic rings. The molecule has 3 heteroatoms. The predicted molar refractivity (Wildman–Crippen MR) is 70.3 cm³/mol. The molecule has 0 saturated heterocycles. The second kappa shape index (κ2) is 3.65. The van der Waals surface area contributed by atoms with E-state index in [-0.39, 0.29) is 5.41 Å². The second-order valence-electron chi connectivity index (χ2n) is 7.13. The van der Waals surface area contributed by atoms with Gasteiger partial charge in [0.1, 0.15) is 11.3 Å². The number of carbonyl (C=O) groups is 1. The summed E-state index contributed by atoms with van der Waals surface area (Å²) < 4.78 is 5.76. The van der Waals surface area contributed by atoms with Crippen molar-refractivity contribution in [2.75, 3.05) is 0 Å². The van der Waals surface area contributed by atoms with Gasteiger partial charge in [0, 0.05) is 11.0 Å². The zero-order chi connectivity index (χ0) is 13.2. The summed E-state index contributed by atoms with van der Waals surface area (Å²) in [6.07, 6.45) is 9.16. The van der Waals surface area contributed by atoms with Gasteiger partial charge in [0.25, 0.3) is 0 Å². The topological polar surface area (TPSA) is 50.4 Å². The van der Waals surface area contributed by atoms with Gasteiger partial charge in [-0.25, -0.2) is 4.79 Å². The zero-order valence-corrected chi connectivity index (χ0v) is 11.3. The average molecular weight is 260 g/mol. The fourth-order valence-electron chi connectivity index (χ4n) is 5.49.